The molecule has 0 saturated heterocycles. The Morgan fingerprint density at radius 1 is 1.14 bits per heavy atom. The summed E-state index contributed by atoms with van der Waals surface area (Å²) in [6.07, 6.45) is 6.20. The number of carbonyl (C=O) groups excluding carboxylic acids is 2. The fraction of sp³-hybridized carbons (Fsp3) is 0.250. The second-order valence-corrected chi connectivity index (χ2v) is 9.30. The van der Waals surface area contributed by atoms with E-state index in [2.05, 4.69) is 4.98 Å². The van der Waals surface area contributed by atoms with Crippen molar-refractivity contribution in [1.82, 2.24) is 9.55 Å². The summed E-state index contributed by atoms with van der Waals surface area (Å²) in [7, 11) is 0. The predicted octanol–water partition coefficient (Wildman–Crippen LogP) is 7.04. The minimum atomic E-state index is -0.829. The maximum atomic E-state index is 13.7. The van der Waals surface area contributed by atoms with Gasteiger partial charge in [-0.1, -0.05) is 43.1 Å². The van der Waals surface area contributed by atoms with Crippen molar-refractivity contribution in [1.29, 1.82) is 0 Å². The number of halogens is 2. The molecule has 1 aliphatic heterocycles. The first-order chi connectivity index (χ1) is 16.9. The maximum absolute atomic E-state index is 13.7. The summed E-state index contributed by atoms with van der Waals surface area (Å²) in [6, 6.07) is 15.3. The van der Waals surface area contributed by atoms with Crippen LogP contribution in [-0.2, 0) is 10.3 Å². The van der Waals surface area contributed by atoms with Crippen LogP contribution in [0.3, 0.4) is 0 Å². The Morgan fingerprint density at radius 3 is 2.77 bits per heavy atom. The van der Waals surface area contributed by atoms with E-state index in [1.165, 1.54) is 12.1 Å². The number of nitrogens with zero attached hydrogens (tertiary/aromatic N) is 2. The SMILES string of the molecule is CCCC1(CCCC(=O)c2cn(-c3ccccn3)c3cc(Cl)ccc23)OC(=O)c2cc(F)ccc21. The monoisotopic (exact) mass is 490 g/mol. The molecular formula is C28H24ClFN2O3. The smallest absolute Gasteiger partial charge is 0.339 e. The van der Waals surface area contributed by atoms with Gasteiger partial charge in [-0.2, -0.15) is 0 Å². The number of pyridine rings is 1. The number of cyclic esters (lactones) is 1. The van der Waals surface area contributed by atoms with Crippen LogP contribution in [0.2, 0.25) is 5.02 Å². The zero-order valence-electron chi connectivity index (χ0n) is 19.3. The molecule has 4 aromatic rings. The lowest BCUT2D eigenvalue weighted by atomic mass is 9.83. The summed E-state index contributed by atoms with van der Waals surface area (Å²) in [6.45, 7) is 2.01. The number of hydrogen-bond acceptors (Lipinski definition) is 4. The van der Waals surface area contributed by atoms with E-state index in [-0.39, 0.29) is 17.8 Å². The molecule has 0 bridgehead atoms. The highest BCUT2D eigenvalue weighted by Crippen LogP contribution is 2.44. The number of carbonyl (C=O) groups is 2. The average Bonchev–Trinajstić information content (AvgIpc) is 3.35. The predicted molar refractivity (Wildman–Crippen MR) is 133 cm³/mol. The molecule has 0 spiro atoms. The van der Waals surface area contributed by atoms with Crippen LogP contribution >= 0.6 is 11.6 Å². The highest BCUT2D eigenvalue weighted by atomic mass is 35.5. The van der Waals surface area contributed by atoms with Crippen molar-refractivity contribution >= 4 is 34.3 Å². The van der Waals surface area contributed by atoms with E-state index in [1.54, 1.807) is 24.5 Å². The summed E-state index contributed by atoms with van der Waals surface area (Å²) in [5.74, 6) is -0.285. The lowest BCUT2D eigenvalue weighted by molar-refractivity contribution is -0.0189. The van der Waals surface area contributed by atoms with Crippen LogP contribution in [0.15, 0.2) is 67.0 Å². The van der Waals surface area contributed by atoms with E-state index < -0.39 is 17.4 Å². The van der Waals surface area contributed by atoms with Crippen LogP contribution in [-0.4, -0.2) is 21.3 Å². The number of rotatable bonds is 8. The molecule has 5 nitrogen and oxygen atoms in total. The Balaban J connectivity index is 1.40. The van der Waals surface area contributed by atoms with Gasteiger partial charge in [0.1, 0.15) is 17.2 Å². The number of fused-ring (bicyclic) bond motifs is 2. The minimum absolute atomic E-state index is 0.0118. The minimum Gasteiger partial charge on any atom is -0.451 e. The molecule has 2 aromatic heterocycles. The first-order valence-corrected chi connectivity index (χ1v) is 12.1. The number of aromatic nitrogens is 2. The van der Waals surface area contributed by atoms with Crippen molar-refractivity contribution in [3.05, 3.63) is 94.5 Å². The van der Waals surface area contributed by atoms with Gasteiger partial charge in [0.15, 0.2) is 5.78 Å². The molecule has 0 amide bonds. The standard InChI is InChI=1S/C28H24ClFN2O3/c1-2-12-28(23-11-9-19(30)16-21(23)27(34)35-28)13-5-6-25(33)22-17-32(26-7-3-4-14-31-26)24-15-18(29)8-10-20(22)24/h3-4,7-11,14-17H,2,5-6,12-13H2,1H3. The Labute approximate surface area is 207 Å². The van der Waals surface area contributed by atoms with Crippen molar-refractivity contribution in [3.63, 3.8) is 0 Å². The summed E-state index contributed by atoms with van der Waals surface area (Å²) >= 11 is 6.25. The lowest BCUT2D eigenvalue weighted by Crippen LogP contribution is -2.26. The Morgan fingerprint density at radius 2 is 2.00 bits per heavy atom. The van der Waals surface area contributed by atoms with Crippen LogP contribution in [0.25, 0.3) is 16.7 Å². The number of hydrogen-bond donors (Lipinski definition) is 0. The molecule has 3 heterocycles. The highest BCUT2D eigenvalue weighted by Gasteiger charge is 2.44. The molecule has 1 atom stereocenters. The molecule has 0 radical (unpaired) electrons. The van der Waals surface area contributed by atoms with Crippen LogP contribution < -0.4 is 0 Å². The largest absolute Gasteiger partial charge is 0.451 e. The Bertz CT molecular complexity index is 1430. The lowest BCUT2D eigenvalue weighted by Gasteiger charge is -2.28. The number of esters is 1. The highest BCUT2D eigenvalue weighted by molar-refractivity contribution is 6.31. The molecule has 1 unspecified atom stereocenters. The van der Waals surface area contributed by atoms with Gasteiger partial charge in [-0.05, 0) is 55.7 Å². The van der Waals surface area contributed by atoms with Gasteiger partial charge in [0.25, 0.3) is 0 Å². The van der Waals surface area contributed by atoms with Gasteiger partial charge in [-0.25, -0.2) is 14.2 Å². The molecule has 0 N–H and O–H groups in total. The molecule has 1 aliphatic rings. The normalized spacial score (nSPS) is 16.9. The third-order valence-corrected chi connectivity index (χ3v) is 6.82. The van der Waals surface area contributed by atoms with E-state index in [0.29, 0.717) is 41.2 Å². The number of benzene rings is 2. The van der Waals surface area contributed by atoms with E-state index in [4.69, 9.17) is 16.3 Å². The van der Waals surface area contributed by atoms with Crippen molar-refractivity contribution in [3.8, 4) is 5.82 Å². The zero-order valence-corrected chi connectivity index (χ0v) is 20.0. The van der Waals surface area contributed by atoms with E-state index in [9.17, 15) is 14.0 Å². The summed E-state index contributed by atoms with van der Waals surface area (Å²) in [4.78, 5) is 30.2. The van der Waals surface area contributed by atoms with Gasteiger partial charge in [-0.15, -0.1) is 0 Å². The third-order valence-electron chi connectivity index (χ3n) is 6.58. The van der Waals surface area contributed by atoms with E-state index in [0.717, 1.165) is 17.3 Å². The fourth-order valence-electron chi connectivity index (χ4n) is 5.05. The quantitative estimate of drug-likeness (QED) is 0.196. The maximum Gasteiger partial charge on any atom is 0.339 e. The topological polar surface area (TPSA) is 61.2 Å². The summed E-state index contributed by atoms with van der Waals surface area (Å²) in [5, 5.41) is 1.38. The zero-order chi connectivity index (χ0) is 24.6. The Kier molecular flexibility index (Phi) is 6.15. The molecule has 0 saturated carbocycles. The second-order valence-electron chi connectivity index (χ2n) is 8.86. The van der Waals surface area contributed by atoms with Crippen molar-refractivity contribution in [2.75, 3.05) is 0 Å². The molecule has 7 heteroatoms. The van der Waals surface area contributed by atoms with Crippen LogP contribution in [0.1, 0.15) is 65.3 Å². The Hall–Kier alpha value is -3.51. The van der Waals surface area contributed by atoms with Gasteiger partial charge in [-0.3, -0.25) is 4.79 Å². The van der Waals surface area contributed by atoms with Gasteiger partial charge in [0.2, 0.25) is 0 Å². The average molecular weight is 491 g/mol. The molecule has 178 valence electrons. The van der Waals surface area contributed by atoms with Crippen molar-refractivity contribution in [2.45, 2.75) is 44.6 Å². The molecule has 5 rings (SSSR count). The van der Waals surface area contributed by atoms with E-state index >= 15 is 0 Å². The van der Waals surface area contributed by atoms with Crippen molar-refractivity contribution < 1.29 is 18.7 Å². The first kappa shape index (κ1) is 23.2. The third kappa shape index (κ3) is 4.23. The van der Waals surface area contributed by atoms with Crippen LogP contribution in [0, 0.1) is 5.82 Å². The molecule has 0 fully saturated rings. The number of Topliss-reactive ketones (excluding diaryl/α,β-unsaturated/α-hetero) is 1. The van der Waals surface area contributed by atoms with E-state index in [1.807, 2.05) is 41.8 Å². The first-order valence-electron chi connectivity index (χ1n) is 11.7. The fourth-order valence-corrected chi connectivity index (χ4v) is 5.21. The van der Waals surface area contributed by atoms with Crippen LogP contribution in [0.4, 0.5) is 4.39 Å². The number of ketones is 1. The summed E-state index contributed by atoms with van der Waals surface area (Å²) < 4.78 is 21.4. The van der Waals surface area contributed by atoms with Crippen molar-refractivity contribution in [2.24, 2.45) is 0 Å². The summed E-state index contributed by atoms with van der Waals surface area (Å²) in [5.41, 5.74) is 1.56. The number of ether oxygens (including phenoxy) is 1. The molecule has 2 aromatic carbocycles. The van der Waals surface area contributed by atoms with Gasteiger partial charge >= 0.3 is 5.97 Å². The second kappa shape index (κ2) is 9.27. The molecular weight excluding hydrogens is 467 g/mol. The van der Waals surface area contributed by atoms with Crippen LogP contribution in [0.5, 0.6) is 0 Å². The van der Waals surface area contributed by atoms with Gasteiger partial charge in [0, 0.05) is 40.4 Å². The molecule has 35 heavy (non-hydrogen) atoms. The van der Waals surface area contributed by atoms with Gasteiger partial charge < -0.3 is 9.30 Å². The molecule has 0 aliphatic carbocycles. The van der Waals surface area contributed by atoms with Gasteiger partial charge in [0.05, 0.1) is 11.1 Å².